The summed E-state index contributed by atoms with van der Waals surface area (Å²) in [4.78, 5) is 26.4. The van der Waals surface area contributed by atoms with E-state index in [1.165, 1.54) is 28.9 Å². The third-order valence-electron chi connectivity index (χ3n) is 7.30. The van der Waals surface area contributed by atoms with Crippen LogP contribution >= 0.6 is 11.3 Å². The van der Waals surface area contributed by atoms with Gasteiger partial charge in [0.15, 0.2) is 5.76 Å². The first kappa shape index (κ1) is 23.7. The van der Waals surface area contributed by atoms with Crippen LogP contribution in [-0.4, -0.2) is 11.8 Å². The van der Waals surface area contributed by atoms with Crippen molar-refractivity contribution in [3.8, 4) is 5.75 Å². The van der Waals surface area contributed by atoms with Gasteiger partial charge in [-0.3, -0.25) is 9.59 Å². The molecule has 1 atom stereocenters. The molecule has 6 nitrogen and oxygen atoms in total. The van der Waals surface area contributed by atoms with Gasteiger partial charge in [-0.25, -0.2) is 0 Å². The van der Waals surface area contributed by atoms with Crippen LogP contribution in [0.5, 0.6) is 5.75 Å². The highest BCUT2D eigenvalue weighted by Gasteiger charge is 2.33. The number of thiophene rings is 1. The van der Waals surface area contributed by atoms with E-state index in [9.17, 15) is 9.59 Å². The summed E-state index contributed by atoms with van der Waals surface area (Å²) >= 11 is 1.46. The fourth-order valence-corrected chi connectivity index (χ4v) is 6.54. The van der Waals surface area contributed by atoms with Crippen molar-refractivity contribution in [2.45, 2.75) is 65.9 Å². The number of furan rings is 1. The lowest BCUT2D eigenvalue weighted by molar-refractivity contribution is 0.0993. The number of carbonyl (C=O) groups excluding carboxylic acids is 2. The Morgan fingerprint density at radius 2 is 1.94 bits per heavy atom. The number of aryl methyl sites for hydroxylation is 2. The third-order valence-corrected chi connectivity index (χ3v) is 8.47. The highest BCUT2D eigenvalue weighted by atomic mass is 32.1. The van der Waals surface area contributed by atoms with Crippen molar-refractivity contribution in [3.63, 3.8) is 0 Å². The maximum absolute atomic E-state index is 12.9. The molecule has 0 fully saturated rings. The number of hydrogen-bond acceptors (Lipinski definition) is 5. The smallest absolute Gasteiger partial charge is 0.291 e. The van der Waals surface area contributed by atoms with Crippen molar-refractivity contribution in [2.24, 2.45) is 17.1 Å². The highest BCUT2D eigenvalue weighted by Crippen LogP contribution is 2.44. The molecule has 7 heteroatoms. The molecule has 2 aromatic heterocycles. The number of amides is 2. The molecule has 2 aliphatic rings. The van der Waals surface area contributed by atoms with Crippen LogP contribution in [0.15, 0.2) is 34.7 Å². The van der Waals surface area contributed by atoms with E-state index >= 15 is 0 Å². The van der Waals surface area contributed by atoms with Crippen molar-refractivity contribution in [1.29, 1.82) is 0 Å². The summed E-state index contributed by atoms with van der Waals surface area (Å²) < 4.78 is 11.6. The second kappa shape index (κ2) is 9.19. The molecule has 2 aliphatic carbocycles. The Morgan fingerprint density at radius 3 is 2.71 bits per heavy atom. The van der Waals surface area contributed by atoms with Gasteiger partial charge in [-0.05, 0) is 90.8 Å². The number of hydrogen-bond donors (Lipinski definition) is 2. The van der Waals surface area contributed by atoms with E-state index in [2.05, 4.69) is 38.2 Å². The number of benzene rings is 1. The zero-order valence-electron chi connectivity index (χ0n) is 20.5. The molecule has 0 unspecified atom stereocenters. The van der Waals surface area contributed by atoms with Crippen LogP contribution in [0.1, 0.15) is 81.9 Å². The molecule has 0 bridgehead atoms. The summed E-state index contributed by atoms with van der Waals surface area (Å²) in [5.41, 5.74) is 10.1. The lowest BCUT2D eigenvalue weighted by Crippen LogP contribution is -2.27. The van der Waals surface area contributed by atoms with Gasteiger partial charge in [0.2, 0.25) is 0 Å². The topological polar surface area (TPSA) is 94.6 Å². The monoisotopic (exact) mass is 492 g/mol. The predicted octanol–water partition coefficient (Wildman–Crippen LogP) is 5.91. The van der Waals surface area contributed by atoms with Gasteiger partial charge in [-0.2, -0.15) is 0 Å². The van der Waals surface area contributed by atoms with E-state index in [1.807, 2.05) is 6.07 Å². The number of nitrogens with two attached hydrogens (primary N) is 1. The lowest BCUT2D eigenvalue weighted by Gasteiger charge is -2.33. The maximum atomic E-state index is 12.9. The number of ether oxygens (including phenoxy) is 1. The average Bonchev–Trinajstić information content (AvgIpc) is 3.53. The fraction of sp³-hybridized carbons (Fsp3) is 0.429. The van der Waals surface area contributed by atoms with Crippen LogP contribution in [0.3, 0.4) is 0 Å². The SMILES string of the molecule is CC(C)(C)[C@H]1CCc2c(sc(NC(=O)c3ccc(COc4ccc5c(c4)CCC5)o3)c2C(N)=O)C1. The zero-order valence-corrected chi connectivity index (χ0v) is 21.3. The number of anilines is 1. The van der Waals surface area contributed by atoms with Gasteiger partial charge in [0.05, 0.1) is 5.56 Å². The molecule has 184 valence electrons. The van der Waals surface area contributed by atoms with Crippen LogP contribution in [0.25, 0.3) is 0 Å². The van der Waals surface area contributed by atoms with E-state index in [4.69, 9.17) is 14.9 Å². The third kappa shape index (κ3) is 4.87. The molecule has 0 saturated carbocycles. The van der Waals surface area contributed by atoms with Crippen LogP contribution in [0.4, 0.5) is 5.00 Å². The Kier molecular flexibility index (Phi) is 6.21. The Hall–Kier alpha value is -3.06. The van der Waals surface area contributed by atoms with Crippen LogP contribution < -0.4 is 15.8 Å². The van der Waals surface area contributed by atoms with Crippen molar-refractivity contribution in [2.75, 3.05) is 5.32 Å². The van der Waals surface area contributed by atoms with Crippen LogP contribution in [0.2, 0.25) is 0 Å². The van der Waals surface area contributed by atoms with E-state index in [0.717, 1.165) is 48.3 Å². The molecule has 0 aliphatic heterocycles. The normalized spacial score (nSPS) is 17.1. The first-order valence-corrected chi connectivity index (χ1v) is 13.1. The van der Waals surface area contributed by atoms with Gasteiger partial charge in [-0.1, -0.05) is 26.8 Å². The molecule has 0 saturated heterocycles. The molecule has 3 N–H and O–H groups in total. The second-order valence-corrected chi connectivity index (χ2v) is 11.8. The molecule has 5 rings (SSSR count). The lowest BCUT2D eigenvalue weighted by atomic mass is 9.72. The summed E-state index contributed by atoms with van der Waals surface area (Å²) in [6.07, 6.45) is 6.11. The Labute approximate surface area is 209 Å². The molecule has 0 spiro atoms. The number of primary amides is 1. The van der Waals surface area contributed by atoms with Gasteiger partial charge < -0.3 is 20.2 Å². The first-order chi connectivity index (χ1) is 16.7. The average molecular weight is 493 g/mol. The number of fused-ring (bicyclic) bond motifs is 2. The van der Waals surface area contributed by atoms with E-state index in [-0.39, 0.29) is 17.8 Å². The molecule has 2 heterocycles. The minimum atomic E-state index is -0.505. The molecular weight excluding hydrogens is 460 g/mol. The molecular formula is C28H32N2O4S. The largest absolute Gasteiger partial charge is 0.486 e. The van der Waals surface area contributed by atoms with Crippen molar-refractivity contribution < 1.29 is 18.7 Å². The molecule has 35 heavy (non-hydrogen) atoms. The standard InChI is InChI=1S/C28H32N2O4S/c1-28(2,3)18-8-11-21-23(14-18)35-27(24(21)25(29)31)30-26(32)22-12-10-20(34-22)15-33-19-9-7-16-5-4-6-17(16)13-19/h7,9-10,12-13,18H,4-6,8,11,14-15H2,1-3H3,(H2,29,31)(H,30,32)/t18-/m0/s1. The summed E-state index contributed by atoms with van der Waals surface area (Å²) in [7, 11) is 0. The van der Waals surface area contributed by atoms with Gasteiger partial charge >= 0.3 is 0 Å². The van der Waals surface area contributed by atoms with Crippen LogP contribution in [-0.2, 0) is 32.3 Å². The molecule has 0 radical (unpaired) electrons. The Balaban J connectivity index is 1.27. The zero-order chi connectivity index (χ0) is 24.7. The molecule has 1 aromatic carbocycles. The quantitative estimate of drug-likeness (QED) is 0.447. The van der Waals surface area contributed by atoms with Crippen molar-refractivity contribution in [1.82, 2.24) is 0 Å². The Morgan fingerprint density at radius 1 is 1.14 bits per heavy atom. The van der Waals surface area contributed by atoms with E-state index in [0.29, 0.717) is 22.2 Å². The highest BCUT2D eigenvalue weighted by molar-refractivity contribution is 7.17. The van der Waals surface area contributed by atoms with E-state index in [1.54, 1.807) is 12.1 Å². The van der Waals surface area contributed by atoms with Gasteiger partial charge in [0.25, 0.3) is 11.8 Å². The second-order valence-electron chi connectivity index (χ2n) is 10.7. The van der Waals surface area contributed by atoms with Crippen LogP contribution in [0, 0.1) is 11.3 Å². The van der Waals surface area contributed by atoms with Gasteiger partial charge in [0.1, 0.15) is 23.1 Å². The van der Waals surface area contributed by atoms with Crippen molar-refractivity contribution >= 4 is 28.2 Å². The summed E-state index contributed by atoms with van der Waals surface area (Å²) in [5, 5.41) is 3.39. The molecule has 3 aromatic rings. The number of nitrogens with one attached hydrogen (secondary N) is 1. The van der Waals surface area contributed by atoms with E-state index < -0.39 is 11.8 Å². The first-order valence-electron chi connectivity index (χ1n) is 12.3. The summed E-state index contributed by atoms with van der Waals surface area (Å²) in [6, 6.07) is 9.57. The fourth-order valence-electron chi connectivity index (χ4n) is 5.21. The number of rotatable bonds is 6. The molecule has 2 amide bonds. The summed E-state index contributed by atoms with van der Waals surface area (Å²) in [6.45, 7) is 6.98. The maximum Gasteiger partial charge on any atom is 0.291 e. The van der Waals surface area contributed by atoms with Gasteiger partial charge in [-0.15, -0.1) is 11.3 Å². The van der Waals surface area contributed by atoms with Crippen molar-refractivity contribution in [3.05, 3.63) is 69.0 Å². The number of carbonyl (C=O) groups is 2. The van der Waals surface area contributed by atoms with Gasteiger partial charge in [0, 0.05) is 4.88 Å². The minimum absolute atomic E-state index is 0.173. The minimum Gasteiger partial charge on any atom is -0.486 e. The Bertz CT molecular complexity index is 1280. The summed E-state index contributed by atoms with van der Waals surface area (Å²) in [5.74, 6) is 1.15. The predicted molar refractivity (Wildman–Crippen MR) is 137 cm³/mol.